The maximum absolute atomic E-state index is 12.8. The fourth-order valence-corrected chi connectivity index (χ4v) is 5.92. The van der Waals surface area contributed by atoms with E-state index in [1.807, 2.05) is 18.7 Å². The minimum absolute atomic E-state index is 0.0628. The van der Waals surface area contributed by atoms with Gasteiger partial charge in [0.15, 0.2) is 5.13 Å². The van der Waals surface area contributed by atoms with Gasteiger partial charge in [-0.25, -0.2) is 15.0 Å². The van der Waals surface area contributed by atoms with Crippen molar-refractivity contribution in [3.8, 4) is 0 Å². The Morgan fingerprint density at radius 2 is 1.97 bits per heavy atom. The van der Waals surface area contributed by atoms with Crippen molar-refractivity contribution in [3.05, 3.63) is 42.2 Å². The average molecular weight is 468 g/mol. The lowest BCUT2D eigenvalue weighted by Crippen LogP contribution is -2.37. The molecule has 1 fully saturated rings. The van der Waals surface area contributed by atoms with Gasteiger partial charge in [-0.05, 0) is 26.7 Å². The molecule has 4 rings (SSSR count). The first-order valence-corrected chi connectivity index (χ1v) is 11.9. The molecule has 11 heteroatoms. The summed E-state index contributed by atoms with van der Waals surface area (Å²) in [5, 5.41) is 6.78. The van der Waals surface area contributed by atoms with E-state index in [-0.39, 0.29) is 17.7 Å². The van der Waals surface area contributed by atoms with Gasteiger partial charge in [0.05, 0.1) is 21.9 Å². The Morgan fingerprint density at radius 3 is 2.59 bits per heavy atom. The topological polar surface area (TPSA) is 88.1 Å². The van der Waals surface area contributed by atoms with Crippen LogP contribution in [0.15, 0.2) is 11.6 Å². The Hall–Kier alpha value is -1.88. The molecule has 0 aromatic carbocycles. The van der Waals surface area contributed by atoms with Crippen LogP contribution in [-0.4, -0.2) is 44.8 Å². The Bertz CT molecular complexity index is 1050. The van der Waals surface area contributed by atoms with E-state index in [4.69, 9.17) is 11.6 Å². The highest BCUT2D eigenvalue weighted by atomic mass is 35.5. The van der Waals surface area contributed by atoms with Crippen molar-refractivity contribution in [2.24, 2.45) is 0 Å². The molecule has 29 heavy (non-hydrogen) atoms. The summed E-state index contributed by atoms with van der Waals surface area (Å²) in [4.78, 5) is 40.6. The lowest BCUT2D eigenvalue weighted by Gasteiger charge is -2.30. The van der Waals surface area contributed by atoms with Crippen LogP contribution in [0.4, 0.5) is 5.13 Å². The molecule has 0 atom stereocenters. The molecule has 1 aliphatic rings. The smallest absolute Gasteiger partial charge is 0.276 e. The summed E-state index contributed by atoms with van der Waals surface area (Å²) in [7, 11) is 0. The quantitative estimate of drug-likeness (QED) is 0.605. The van der Waals surface area contributed by atoms with Crippen molar-refractivity contribution < 1.29 is 9.59 Å². The second kappa shape index (κ2) is 8.47. The van der Waals surface area contributed by atoms with Crippen LogP contribution >= 0.6 is 45.6 Å². The Balaban J connectivity index is 1.36. The van der Waals surface area contributed by atoms with E-state index in [1.54, 1.807) is 5.38 Å². The number of halogens is 1. The predicted octanol–water partition coefficient (Wildman–Crippen LogP) is 4.60. The van der Waals surface area contributed by atoms with Crippen LogP contribution in [-0.2, 0) is 0 Å². The van der Waals surface area contributed by atoms with Crippen molar-refractivity contribution in [1.82, 2.24) is 19.9 Å². The van der Waals surface area contributed by atoms with Gasteiger partial charge in [-0.3, -0.25) is 14.9 Å². The van der Waals surface area contributed by atoms with Crippen LogP contribution in [0, 0.1) is 13.8 Å². The van der Waals surface area contributed by atoms with Crippen molar-refractivity contribution in [3.63, 3.8) is 0 Å². The first-order valence-electron chi connectivity index (χ1n) is 9.02. The van der Waals surface area contributed by atoms with E-state index in [0.717, 1.165) is 33.4 Å². The van der Waals surface area contributed by atoms with Crippen LogP contribution in [0.25, 0.3) is 0 Å². The zero-order valence-corrected chi connectivity index (χ0v) is 19.0. The third-order valence-corrected chi connectivity index (χ3v) is 7.78. The third-order valence-electron chi connectivity index (χ3n) is 4.68. The van der Waals surface area contributed by atoms with Crippen molar-refractivity contribution in [2.75, 3.05) is 18.4 Å². The number of aromatic nitrogens is 3. The highest BCUT2D eigenvalue weighted by Crippen LogP contribution is 2.32. The first kappa shape index (κ1) is 20.4. The van der Waals surface area contributed by atoms with Crippen LogP contribution in [0.5, 0.6) is 0 Å². The van der Waals surface area contributed by atoms with Crippen molar-refractivity contribution in [1.29, 1.82) is 0 Å². The average Bonchev–Trinajstić information content (AvgIpc) is 3.42. The van der Waals surface area contributed by atoms with Gasteiger partial charge in [0.1, 0.15) is 14.9 Å². The van der Waals surface area contributed by atoms with E-state index >= 15 is 0 Å². The molecule has 3 aromatic heterocycles. The molecule has 1 N–H and O–H groups in total. The largest absolute Gasteiger partial charge is 0.338 e. The molecule has 2 amide bonds. The number of nitrogens with zero attached hydrogens (tertiary/aromatic N) is 4. The number of hydrogen-bond acceptors (Lipinski definition) is 8. The molecule has 4 heterocycles. The van der Waals surface area contributed by atoms with E-state index < -0.39 is 0 Å². The van der Waals surface area contributed by atoms with Gasteiger partial charge in [0.25, 0.3) is 11.8 Å². The summed E-state index contributed by atoms with van der Waals surface area (Å²) in [6, 6.07) is 0. The van der Waals surface area contributed by atoms with Gasteiger partial charge in [-0.15, -0.1) is 22.7 Å². The number of carbonyl (C=O) groups excluding carboxylic acids is 2. The van der Waals surface area contributed by atoms with E-state index in [1.165, 1.54) is 40.2 Å². The van der Waals surface area contributed by atoms with E-state index in [0.29, 0.717) is 28.3 Å². The number of rotatable bonds is 4. The van der Waals surface area contributed by atoms with Crippen LogP contribution in [0.2, 0.25) is 4.34 Å². The lowest BCUT2D eigenvalue weighted by atomic mass is 9.97. The van der Waals surface area contributed by atoms with Gasteiger partial charge < -0.3 is 4.90 Å². The number of hydrogen-bond donors (Lipinski definition) is 1. The molecular weight excluding hydrogens is 450 g/mol. The normalized spacial score (nSPS) is 14.9. The molecule has 0 aliphatic carbocycles. The molecule has 0 saturated carbocycles. The number of thiazole rings is 3. The number of carbonyl (C=O) groups is 2. The highest BCUT2D eigenvalue weighted by molar-refractivity contribution is 7.19. The maximum Gasteiger partial charge on any atom is 0.276 e. The summed E-state index contributed by atoms with van der Waals surface area (Å²) in [5.74, 6) is 0.0271. The molecular formula is C18H18ClN5O2S3. The number of aryl methyl sites for hydroxylation is 2. The fourth-order valence-electron chi connectivity index (χ4n) is 3.26. The minimum atomic E-state index is -0.290. The number of piperidine rings is 1. The molecule has 0 bridgehead atoms. The molecule has 1 saturated heterocycles. The SMILES string of the molecule is Cc1nc(C)c(C(=O)N2CCC(c3nc(C(=O)Nc4ncc(Cl)s4)cs3)CC2)s1. The zero-order chi connectivity index (χ0) is 20.5. The van der Waals surface area contributed by atoms with Crippen molar-refractivity contribution >= 4 is 62.6 Å². The summed E-state index contributed by atoms with van der Waals surface area (Å²) < 4.78 is 0.518. The summed E-state index contributed by atoms with van der Waals surface area (Å²) >= 11 is 9.98. The number of likely N-dealkylation sites (tertiary alicyclic amines) is 1. The highest BCUT2D eigenvalue weighted by Gasteiger charge is 2.28. The Kier molecular flexibility index (Phi) is 5.95. The Labute approximate surface area is 184 Å². The standard InChI is InChI=1S/C18H18ClN5O2S3/c1-9-14(28-10(2)21-9)17(26)24-5-3-11(4-6-24)16-22-12(8-27-16)15(25)23-18-20-7-13(19)29-18/h7-8,11H,3-6H2,1-2H3,(H,20,23,25). The predicted molar refractivity (Wildman–Crippen MR) is 117 cm³/mol. The second-order valence-corrected chi connectivity index (χ2v) is 10.5. The van der Waals surface area contributed by atoms with E-state index in [2.05, 4.69) is 20.3 Å². The summed E-state index contributed by atoms with van der Waals surface area (Å²) in [6.07, 6.45) is 3.16. The molecule has 0 radical (unpaired) electrons. The van der Waals surface area contributed by atoms with E-state index in [9.17, 15) is 9.59 Å². The van der Waals surface area contributed by atoms with Crippen molar-refractivity contribution in [2.45, 2.75) is 32.6 Å². The second-order valence-electron chi connectivity index (χ2n) is 6.71. The minimum Gasteiger partial charge on any atom is -0.338 e. The first-order chi connectivity index (χ1) is 13.9. The van der Waals surface area contributed by atoms with Crippen LogP contribution < -0.4 is 5.32 Å². The lowest BCUT2D eigenvalue weighted by molar-refractivity contribution is 0.0717. The number of nitrogens with one attached hydrogen (secondary N) is 1. The number of amides is 2. The number of anilines is 1. The molecule has 0 unspecified atom stereocenters. The monoisotopic (exact) mass is 467 g/mol. The van der Waals surface area contributed by atoms with Gasteiger partial charge >= 0.3 is 0 Å². The maximum atomic E-state index is 12.8. The fraction of sp³-hybridized carbons (Fsp3) is 0.389. The summed E-state index contributed by atoms with van der Waals surface area (Å²) in [6.45, 7) is 5.16. The summed E-state index contributed by atoms with van der Waals surface area (Å²) in [5.41, 5.74) is 1.18. The van der Waals surface area contributed by atoms with Gasteiger partial charge in [-0.2, -0.15) is 0 Å². The Morgan fingerprint density at radius 1 is 1.21 bits per heavy atom. The van der Waals surface area contributed by atoms with Gasteiger partial charge in [0, 0.05) is 24.4 Å². The third kappa shape index (κ3) is 4.50. The molecule has 152 valence electrons. The van der Waals surface area contributed by atoms with Gasteiger partial charge in [-0.1, -0.05) is 22.9 Å². The molecule has 7 nitrogen and oxygen atoms in total. The zero-order valence-electron chi connectivity index (χ0n) is 15.8. The molecule has 3 aromatic rings. The van der Waals surface area contributed by atoms with Crippen LogP contribution in [0.1, 0.15) is 54.6 Å². The van der Waals surface area contributed by atoms with Gasteiger partial charge in [0.2, 0.25) is 0 Å². The van der Waals surface area contributed by atoms with Crippen LogP contribution in [0.3, 0.4) is 0 Å². The molecule has 1 aliphatic heterocycles. The molecule has 0 spiro atoms.